The Morgan fingerprint density at radius 3 is 2.48 bits per heavy atom. The van der Waals surface area contributed by atoms with E-state index in [0.29, 0.717) is 29.1 Å². The molecule has 0 spiro atoms. The zero-order chi connectivity index (χ0) is 19.6. The van der Waals surface area contributed by atoms with Gasteiger partial charge in [0, 0.05) is 6.54 Å². The molecule has 0 aliphatic carbocycles. The molecule has 1 aromatic carbocycles. The first kappa shape index (κ1) is 19.3. The highest BCUT2D eigenvalue weighted by molar-refractivity contribution is 9.10. The summed E-state index contributed by atoms with van der Waals surface area (Å²) in [5.41, 5.74) is 1.84. The summed E-state index contributed by atoms with van der Waals surface area (Å²) in [6.07, 6.45) is 0.660. The second-order valence-electron chi connectivity index (χ2n) is 6.05. The van der Waals surface area contributed by atoms with Crippen LogP contribution in [-0.4, -0.2) is 44.7 Å². The zero-order valence-electron chi connectivity index (χ0n) is 15.3. The number of carbonyl (C=O) groups is 2. The van der Waals surface area contributed by atoms with Crippen molar-refractivity contribution < 1.29 is 28.2 Å². The number of methoxy groups -OCH3 is 3. The highest BCUT2D eigenvalue weighted by Gasteiger charge is 2.35. The van der Waals surface area contributed by atoms with Crippen LogP contribution in [0.25, 0.3) is 0 Å². The van der Waals surface area contributed by atoms with Crippen molar-refractivity contribution in [3.8, 4) is 11.5 Å². The minimum absolute atomic E-state index is 0.0343. The summed E-state index contributed by atoms with van der Waals surface area (Å²) in [5, 5.41) is 0. The Morgan fingerprint density at radius 2 is 1.89 bits per heavy atom. The van der Waals surface area contributed by atoms with Crippen molar-refractivity contribution in [1.29, 1.82) is 0 Å². The number of carbonyl (C=O) groups excluding carboxylic acids is 2. The number of nitrogens with zero attached hydrogens (tertiary/aromatic N) is 1. The lowest BCUT2D eigenvalue weighted by atomic mass is 9.89. The molecule has 1 atom stereocenters. The van der Waals surface area contributed by atoms with E-state index in [1.165, 1.54) is 7.11 Å². The fourth-order valence-electron chi connectivity index (χ4n) is 3.30. The van der Waals surface area contributed by atoms with Crippen LogP contribution in [0.2, 0.25) is 0 Å². The SMILES string of the molecule is COC(=O)C[C@@H]1c2cc(OC)c(OC)cc2CCN1C(=O)c1ccc(Br)o1. The number of halogens is 1. The second kappa shape index (κ2) is 8.04. The Morgan fingerprint density at radius 1 is 1.19 bits per heavy atom. The van der Waals surface area contributed by atoms with Gasteiger partial charge in [0.1, 0.15) is 0 Å². The summed E-state index contributed by atoms with van der Waals surface area (Å²) in [6, 6.07) is 6.49. The molecule has 0 radical (unpaired) electrons. The van der Waals surface area contributed by atoms with Gasteiger partial charge in [-0.05, 0) is 57.7 Å². The van der Waals surface area contributed by atoms with E-state index in [4.69, 9.17) is 18.6 Å². The van der Waals surface area contributed by atoms with Crippen LogP contribution >= 0.6 is 15.9 Å². The molecule has 0 saturated heterocycles. The van der Waals surface area contributed by atoms with Gasteiger partial charge in [0.25, 0.3) is 5.91 Å². The van der Waals surface area contributed by atoms with E-state index in [0.717, 1.165) is 11.1 Å². The van der Waals surface area contributed by atoms with Crippen LogP contribution in [0.15, 0.2) is 33.4 Å². The molecule has 1 aliphatic rings. The van der Waals surface area contributed by atoms with E-state index in [-0.39, 0.29) is 18.1 Å². The average molecular weight is 438 g/mol. The molecule has 2 heterocycles. The van der Waals surface area contributed by atoms with Crippen molar-refractivity contribution in [2.75, 3.05) is 27.9 Å². The lowest BCUT2D eigenvalue weighted by Gasteiger charge is -2.36. The minimum atomic E-state index is -0.489. The molecular formula is C19H20BrNO6. The third-order valence-electron chi connectivity index (χ3n) is 4.64. The van der Waals surface area contributed by atoms with Crippen molar-refractivity contribution in [2.24, 2.45) is 0 Å². The first-order chi connectivity index (χ1) is 13.0. The predicted octanol–water partition coefficient (Wildman–Crippen LogP) is 3.36. The Hall–Kier alpha value is -2.48. The van der Waals surface area contributed by atoms with Gasteiger partial charge >= 0.3 is 5.97 Å². The van der Waals surface area contributed by atoms with Crippen LogP contribution < -0.4 is 9.47 Å². The normalized spacial score (nSPS) is 15.9. The summed E-state index contributed by atoms with van der Waals surface area (Å²) < 4.78 is 21.5. The number of fused-ring (bicyclic) bond motifs is 1. The smallest absolute Gasteiger partial charge is 0.307 e. The van der Waals surface area contributed by atoms with E-state index in [9.17, 15) is 9.59 Å². The molecule has 1 aliphatic heterocycles. The van der Waals surface area contributed by atoms with Crippen molar-refractivity contribution in [3.05, 3.63) is 45.8 Å². The van der Waals surface area contributed by atoms with Crippen LogP contribution in [0.4, 0.5) is 0 Å². The highest BCUT2D eigenvalue weighted by Crippen LogP contribution is 2.40. The number of hydrogen-bond acceptors (Lipinski definition) is 6. The van der Waals surface area contributed by atoms with E-state index in [1.54, 1.807) is 31.3 Å². The summed E-state index contributed by atoms with van der Waals surface area (Å²) in [4.78, 5) is 26.6. The number of rotatable bonds is 5. The molecule has 0 unspecified atom stereocenters. The van der Waals surface area contributed by atoms with Gasteiger partial charge in [-0.25, -0.2) is 0 Å². The number of ether oxygens (including phenoxy) is 3. The summed E-state index contributed by atoms with van der Waals surface area (Å²) in [6.45, 7) is 0.446. The Bertz CT molecular complexity index is 862. The average Bonchev–Trinajstić information content (AvgIpc) is 3.12. The first-order valence-corrected chi connectivity index (χ1v) is 9.15. The topological polar surface area (TPSA) is 78.2 Å². The van der Waals surface area contributed by atoms with Crippen LogP contribution in [0.5, 0.6) is 11.5 Å². The second-order valence-corrected chi connectivity index (χ2v) is 6.84. The molecule has 8 heteroatoms. The summed E-state index contributed by atoms with van der Waals surface area (Å²) in [5.74, 6) is 0.681. The number of amides is 1. The van der Waals surface area contributed by atoms with Gasteiger partial charge in [-0.15, -0.1) is 0 Å². The molecule has 7 nitrogen and oxygen atoms in total. The Labute approximate surface area is 165 Å². The van der Waals surface area contributed by atoms with Gasteiger partial charge < -0.3 is 23.5 Å². The monoisotopic (exact) mass is 437 g/mol. The Kier molecular flexibility index (Phi) is 5.74. The van der Waals surface area contributed by atoms with Crippen molar-refractivity contribution in [1.82, 2.24) is 4.90 Å². The minimum Gasteiger partial charge on any atom is -0.493 e. The van der Waals surface area contributed by atoms with Crippen LogP contribution in [0.1, 0.15) is 34.1 Å². The molecule has 1 amide bonds. The van der Waals surface area contributed by atoms with Gasteiger partial charge in [0.05, 0.1) is 33.8 Å². The molecule has 27 heavy (non-hydrogen) atoms. The largest absolute Gasteiger partial charge is 0.493 e. The third kappa shape index (κ3) is 3.80. The summed E-state index contributed by atoms with van der Waals surface area (Å²) >= 11 is 3.21. The van der Waals surface area contributed by atoms with Gasteiger partial charge in [0.15, 0.2) is 21.9 Å². The van der Waals surface area contributed by atoms with Crippen LogP contribution in [0, 0.1) is 0 Å². The maximum Gasteiger partial charge on any atom is 0.307 e. The van der Waals surface area contributed by atoms with Gasteiger partial charge in [-0.2, -0.15) is 0 Å². The maximum absolute atomic E-state index is 13.0. The number of furan rings is 1. The molecule has 0 bridgehead atoms. The standard InChI is InChI=1S/C19H20BrNO6/c1-24-15-8-11-6-7-21(19(23)14-4-5-17(20)27-14)13(10-18(22)26-3)12(11)9-16(15)25-2/h4-5,8-9,13H,6-7,10H2,1-3H3/t13-/m1/s1. The molecule has 1 aromatic heterocycles. The Balaban J connectivity index is 2.03. The molecule has 2 aromatic rings. The number of benzene rings is 1. The quantitative estimate of drug-likeness (QED) is 0.667. The molecule has 0 saturated carbocycles. The molecule has 3 rings (SSSR count). The van der Waals surface area contributed by atoms with Crippen LogP contribution in [-0.2, 0) is 16.0 Å². The van der Waals surface area contributed by atoms with E-state index in [2.05, 4.69) is 15.9 Å². The first-order valence-electron chi connectivity index (χ1n) is 8.36. The lowest BCUT2D eigenvalue weighted by molar-refractivity contribution is -0.141. The number of hydrogen-bond donors (Lipinski definition) is 0. The third-order valence-corrected chi connectivity index (χ3v) is 5.06. The summed E-state index contributed by atoms with van der Waals surface area (Å²) in [7, 11) is 4.45. The molecular weight excluding hydrogens is 418 g/mol. The van der Waals surface area contributed by atoms with Crippen LogP contribution in [0.3, 0.4) is 0 Å². The van der Waals surface area contributed by atoms with E-state index in [1.807, 2.05) is 12.1 Å². The fraction of sp³-hybridized carbons (Fsp3) is 0.368. The van der Waals surface area contributed by atoms with Gasteiger partial charge in [0.2, 0.25) is 0 Å². The molecule has 0 fully saturated rings. The molecule has 144 valence electrons. The van der Waals surface area contributed by atoms with Crippen molar-refractivity contribution in [2.45, 2.75) is 18.9 Å². The zero-order valence-corrected chi connectivity index (χ0v) is 16.9. The predicted molar refractivity (Wildman–Crippen MR) is 100 cm³/mol. The van der Waals surface area contributed by atoms with Gasteiger partial charge in [-0.3, -0.25) is 9.59 Å². The van der Waals surface area contributed by atoms with E-state index >= 15 is 0 Å². The van der Waals surface area contributed by atoms with Gasteiger partial charge in [-0.1, -0.05) is 0 Å². The molecule has 0 N–H and O–H groups in total. The maximum atomic E-state index is 13.0. The lowest BCUT2D eigenvalue weighted by Crippen LogP contribution is -2.41. The van der Waals surface area contributed by atoms with E-state index < -0.39 is 12.0 Å². The van der Waals surface area contributed by atoms with Crippen molar-refractivity contribution >= 4 is 27.8 Å². The van der Waals surface area contributed by atoms with Crippen molar-refractivity contribution in [3.63, 3.8) is 0 Å². The fourth-order valence-corrected chi connectivity index (χ4v) is 3.61. The number of esters is 1. The highest BCUT2D eigenvalue weighted by atomic mass is 79.9.